The smallest absolute Gasteiger partial charge is 0.249 e. The molecule has 2 aromatic heterocycles. The Balaban J connectivity index is 0.855. The van der Waals surface area contributed by atoms with Gasteiger partial charge in [-0.05, 0) is 93.2 Å². The maximum atomic E-state index is 12.1. The van der Waals surface area contributed by atoms with E-state index in [1.165, 1.54) is 24.1 Å². The maximum Gasteiger partial charge on any atom is 0.249 e. The number of imide groups is 1. The number of amides is 2. The first kappa shape index (κ1) is 33.6. The Morgan fingerprint density at radius 1 is 0.808 bits per heavy atom. The molecule has 8 rings (SSSR count). The molecule has 2 saturated heterocycles. The average Bonchev–Trinajstić information content (AvgIpc) is 3.82. The van der Waals surface area contributed by atoms with E-state index in [4.69, 9.17) is 9.97 Å². The zero-order chi connectivity index (χ0) is 35.4. The van der Waals surface area contributed by atoms with Crippen molar-refractivity contribution in [1.82, 2.24) is 29.7 Å². The van der Waals surface area contributed by atoms with Gasteiger partial charge in [0.1, 0.15) is 11.6 Å². The Morgan fingerprint density at radius 3 is 2.25 bits per heavy atom. The van der Waals surface area contributed by atoms with Crippen molar-refractivity contribution >= 4 is 57.6 Å². The van der Waals surface area contributed by atoms with Gasteiger partial charge in [0.15, 0.2) is 5.65 Å². The van der Waals surface area contributed by atoms with Crippen molar-refractivity contribution in [2.75, 3.05) is 41.0 Å². The summed E-state index contributed by atoms with van der Waals surface area (Å²) in [5, 5.41) is 12.6. The molecule has 0 radical (unpaired) electrons. The summed E-state index contributed by atoms with van der Waals surface area (Å²) in [7, 11) is 2.21. The van der Waals surface area contributed by atoms with Crippen LogP contribution in [0.3, 0.4) is 0 Å². The van der Waals surface area contributed by atoms with Gasteiger partial charge in [-0.2, -0.15) is 4.98 Å². The molecule has 0 spiro atoms. The number of piperidine rings is 2. The summed E-state index contributed by atoms with van der Waals surface area (Å²) in [5.74, 6) is 0.925. The number of carbonyl (C=O) groups is 2. The molecule has 268 valence electrons. The van der Waals surface area contributed by atoms with E-state index in [-0.39, 0.29) is 17.9 Å². The SMILES string of the molecule is CN(Cc1ccc(NC2CCC(=O)NC2=O)cc1)C1CCN(c2ccc(Nc3ncc4nc(Nc5ccccc5)n(C5CCCC5)c4n3)cc2)CC1. The quantitative estimate of drug-likeness (QED) is 0.110. The van der Waals surface area contributed by atoms with Gasteiger partial charge in [0.25, 0.3) is 0 Å². The second kappa shape index (κ2) is 15.0. The van der Waals surface area contributed by atoms with Gasteiger partial charge in [-0.25, -0.2) is 9.97 Å². The second-order valence-corrected chi connectivity index (χ2v) is 14.3. The molecule has 3 aliphatic rings. The predicted molar refractivity (Wildman–Crippen MR) is 205 cm³/mol. The monoisotopic (exact) mass is 698 g/mol. The molecule has 2 aliphatic heterocycles. The minimum atomic E-state index is -0.373. The average molecular weight is 699 g/mol. The van der Waals surface area contributed by atoms with E-state index in [0.717, 1.165) is 79.5 Å². The summed E-state index contributed by atoms with van der Waals surface area (Å²) < 4.78 is 2.27. The van der Waals surface area contributed by atoms with Crippen molar-refractivity contribution in [2.24, 2.45) is 0 Å². The minimum absolute atomic E-state index is 0.201. The molecule has 5 aromatic rings. The predicted octanol–water partition coefficient (Wildman–Crippen LogP) is 6.75. The Labute approximate surface area is 304 Å². The third-order valence-electron chi connectivity index (χ3n) is 10.7. The topological polar surface area (TPSA) is 132 Å². The number of hydrogen-bond donors (Lipinski definition) is 4. The molecule has 12 nitrogen and oxygen atoms in total. The van der Waals surface area contributed by atoms with E-state index in [1.807, 2.05) is 36.5 Å². The normalized spacial score (nSPS) is 18.6. The van der Waals surface area contributed by atoms with Crippen LogP contribution in [0.2, 0.25) is 0 Å². The number of imidazole rings is 1. The number of benzene rings is 3. The van der Waals surface area contributed by atoms with Crippen molar-refractivity contribution in [3.8, 4) is 0 Å². The molecule has 1 unspecified atom stereocenters. The van der Waals surface area contributed by atoms with Crippen molar-refractivity contribution in [2.45, 2.75) is 76.0 Å². The fourth-order valence-electron chi connectivity index (χ4n) is 7.80. The lowest BCUT2D eigenvalue weighted by Gasteiger charge is -2.38. The highest BCUT2D eigenvalue weighted by atomic mass is 16.2. The number of hydrogen-bond acceptors (Lipinski definition) is 10. The summed E-state index contributed by atoms with van der Waals surface area (Å²) in [6, 6.07) is 27.5. The van der Waals surface area contributed by atoms with Crippen LogP contribution in [0.5, 0.6) is 0 Å². The summed E-state index contributed by atoms with van der Waals surface area (Å²) in [5.41, 5.74) is 6.94. The molecular weight excluding hydrogens is 653 g/mol. The van der Waals surface area contributed by atoms with Crippen LogP contribution in [-0.2, 0) is 16.1 Å². The number of rotatable bonds is 11. The minimum Gasteiger partial charge on any atom is -0.374 e. The van der Waals surface area contributed by atoms with Gasteiger partial charge in [-0.15, -0.1) is 0 Å². The summed E-state index contributed by atoms with van der Waals surface area (Å²) >= 11 is 0. The molecule has 0 bridgehead atoms. The van der Waals surface area contributed by atoms with Crippen LogP contribution < -0.4 is 26.2 Å². The summed E-state index contributed by atoms with van der Waals surface area (Å²) in [6.45, 7) is 2.87. The third kappa shape index (κ3) is 7.57. The number of nitrogens with one attached hydrogen (secondary N) is 4. The van der Waals surface area contributed by atoms with Crippen LogP contribution in [0.4, 0.5) is 34.6 Å². The fraction of sp³-hybridized carbons (Fsp3) is 0.375. The Morgan fingerprint density at radius 2 is 1.52 bits per heavy atom. The number of aromatic nitrogens is 4. The first-order valence-electron chi connectivity index (χ1n) is 18.5. The lowest BCUT2D eigenvalue weighted by Crippen LogP contribution is -2.47. The standard InChI is InChI=1S/C40H46N10O2/c1-48(26-27-11-13-29(14-12-27)42-34-19-20-36(51)46-38(34)52)31-21-23-49(24-22-31)32-17-15-30(16-18-32)43-39-41-25-35-37(47-39)50(33-9-5-6-10-33)40(45-35)44-28-7-3-2-4-8-28/h2-4,7-8,11-18,25,31,33-34,42H,5-6,9-10,19-24,26H2,1H3,(H,44,45)(H,41,43,47)(H,46,51,52). The summed E-state index contributed by atoms with van der Waals surface area (Å²) in [4.78, 5) is 42.9. The highest BCUT2D eigenvalue weighted by molar-refractivity contribution is 6.01. The molecule has 1 atom stereocenters. The Kier molecular flexibility index (Phi) is 9.71. The fourth-order valence-corrected chi connectivity index (χ4v) is 7.80. The number of para-hydroxylation sites is 1. The Bertz CT molecular complexity index is 2000. The molecular formula is C40H46N10O2. The highest BCUT2D eigenvalue weighted by Crippen LogP contribution is 2.36. The van der Waals surface area contributed by atoms with Gasteiger partial charge in [-0.3, -0.25) is 24.4 Å². The van der Waals surface area contributed by atoms with Crippen molar-refractivity contribution in [3.05, 3.63) is 90.6 Å². The number of carbonyl (C=O) groups excluding carboxylic acids is 2. The Hall–Kier alpha value is -5.49. The van der Waals surface area contributed by atoms with Crippen LogP contribution >= 0.6 is 0 Å². The van der Waals surface area contributed by atoms with E-state index >= 15 is 0 Å². The molecule has 12 heteroatoms. The van der Waals surface area contributed by atoms with E-state index < -0.39 is 0 Å². The third-order valence-corrected chi connectivity index (χ3v) is 10.7. The molecule has 1 aliphatic carbocycles. The second-order valence-electron chi connectivity index (χ2n) is 14.3. The van der Waals surface area contributed by atoms with Crippen LogP contribution in [-0.4, -0.2) is 68.5 Å². The zero-order valence-corrected chi connectivity index (χ0v) is 29.6. The van der Waals surface area contributed by atoms with Gasteiger partial charge in [0.05, 0.1) is 6.20 Å². The van der Waals surface area contributed by atoms with E-state index in [9.17, 15) is 9.59 Å². The number of anilines is 6. The van der Waals surface area contributed by atoms with Gasteiger partial charge >= 0.3 is 0 Å². The van der Waals surface area contributed by atoms with Crippen molar-refractivity contribution < 1.29 is 9.59 Å². The van der Waals surface area contributed by atoms with Crippen LogP contribution in [0.1, 0.15) is 63.0 Å². The molecule has 3 aromatic carbocycles. The van der Waals surface area contributed by atoms with Crippen molar-refractivity contribution in [1.29, 1.82) is 0 Å². The van der Waals surface area contributed by atoms with Gasteiger partial charge < -0.3 is 20.9 Å². The van der Waals surface area contributed by atoms with E-state index in [2.05, 4.69) is 96.2 Å². The van der Waals surface area contributed by atoms with E-state index in [0.29, 0.717) is 30.9 Å². The first-order valence-corrected chi connectivity index (χ1v) is 18.5. The first-order chi connectivity index (χ1) is 25.4. The van der Waals surface area contributed by atoms with E-state index in [1.54, 1.807) is 0 Å². The zero-order valence-electron chi connectivity index (χ0n) is 29.6. The lowest BCUT2D eigenvalue weighted by molar-refractivity contribution is -0.133. The lowest BCUT2D eigenvalue weighted by atomic mass is 10.0. The maximum absolute atomic E-state index is 12.1. The molecule has 1 saturated carbocycles. The molecule has 4 heterocycles. The summed E-state index contributed by atoms with van der Waals surface area (Å²) in [6.07, 6.45) is 9.57. The molecule has 3 fully saturated rings. The highest BCUT2D eigenvalue weighted by Gasteiger charge is 2.27. The largest absolute Gasteiger partial charge is 0.374 e. The van der Waals surface area contributed by atoms with Crippen molar-refractivity contribution in [3.63, 3.8) is 0 Å². The van der Waals surface area contributed by atoms with Crippen LogP contribution in [0, 0.1) is 0 Å². The van der Waals surface area contributed by atoms with Gasteiger partial charge in [-0.1, -0.05) is 43.2 Å². The van der Waals surface area contributed by atoms with Gasteiger partial charge in [0.2, 0.25) is 23.7 Å². The van der Waals surface area contributed by atoms with Crippen LogP contribution in [0.25, 0.3) is 11.2 Å². The molecule has 52 heavy (non-hydrogen) atoms. The molecule has 2 amide bonds. The van der Waals surface area contributed by atoms with Crippen LogP contribution in [0.15, 0.2) is 85.1 Å². The number of fused-ring (bicyclic) bond motifs is 1. The molecule has 4 N–H and O–H groups in total. The van der Waals surface area contributed by atoms with Gasteiger partial charge in [0, 0.05) is 60.9 Å². The number of nitrogens with zero attached hydrogens (tertiary/aromatic N) is 6.